The number of imidazole rings is 1. The summed E-state index contributed by atoms with van der Waals surface area (Å²) in [6, 6.07) is 11.0. The molecule has 0 aliphatic carbocycles. The van der Waals surface area contributed by atoms with E-state index in [2.05, 4.69) is 15.3 Å². The number of hydrogen-bond donors (Lipinski definition) is 2. The normalized spacial score (nSPS) is 15.2. The number of nitrogens with two attached hydrogens (primary N) is 1. The van der Waals surface area contributed by atoms with Crippen molar-refractivity contribution in [2.24, 2.45) is 5.73 Å². The second-order valence-electron chi connectivity index (χ2n) is 8.32. The van der Waals surface area contributed by atoms with E-state index in [4.69, 9.17) is 24.9 Å². The van der Waals surface area contributed by atoms with E-state index in [1.807, 2.05) is 45.9 Å². The van der Waals surface area contributed by atoms with Gasteiger partial charge in [-0.25, -0.2) is 9.97 Å². The quantitative estimate of drug-likeness (QED) is 0.383. The van der Waals surface area contributed by atoms with Crippen molar-refractivity contribution >= 4 is 34.4 Å². The number of hydrogen-bond acceptors (Lipinski definition) is 9. The van der Waals surface area contributed by atoms with Crippen molar-refractivity contribution < 1.29 is 19.0 Å². The average molecular weight is 490 g/mol. The number of carbonyl (C=O) groups excluding carboxylic acids is 1. The van der Waals surface area contributed by atoms with Gasteiger partial charge in [-0.05, 0) is 25.0 Å². The molecule has 2 aromatic carbocycles. The first-order valence-electron chi connectivity index (χ1n) is 11.5. The lowest BCUT2D eigenvalue weighted by Gasteiger charge is -2.24. The highest BCUT2D eigenvalue weighted by Gasteiger charge is 2.31. The number of nitrogens with one attached hydrogen (secondary N) is 1. The first kappa shape index (κ1) is 23.2. The molecule has 1 aliphatic rings. The fourth-order valence-corrected chi connectivity index (χ4v) is 4.51. The largest absolute Gasteiger partial charge is 0.493 e. The predicted molar refractivity (Wildman–Crippen MR) is 136 cm³/mol. The predicted octanol–water partition coefficient (Wildman–Crippen LogP) is 3.04. The van der Waals surface area contributed by atoms with E-state index < -0.39 is 6.04 Å². The topological polar surface area (TPSA) is 130 Å². The minimum absolute atomic E-state index is 0.353. The van der Waals surface area contributed by atoms with E-state index in [-0.39, 0.29) is 5.91 Å². The van der Waals surface area contributed by atoms with Gasteiger partial charge in [0.05, 0.1) is 38.7 Å². The summed E-state index contributed by atoms with van der Waals surface area (Å²) in [6.07, 6.45) is 5.04. The molecule has 186 valence electrons. The Morgan fingerprint density at radius 1 is 1.08 bits per heavy atom. The smallest absolute Gasteiger partial charge is 0.240 e. The molecular weight excluding hydrogens is 462 g/mol. The van der Waals surface area contributed by atoms with Crippen LogP contribution < -0.4 is 30.2 Å². The van der Waals surface area contributed by atoms with Gasteiger partial charge in [-0.15, -0.1) is 0 Å². The Morgan fingerprint density at radius 3 is 2.53 bits per heavy atom. The van der Waals surface area contributed by atoms with Gasteiger partial charge in [0, 0.05) is 24.1 Å². The highest BCUT2D eigenvalue weighted by molar-refractivity contribution is 5.94. The first-order chi connectivity index (χ1) is 17.5. The summed E-state index contributed by atoms with van der Waals surface area (Å²) in [4.78, 5) is 27.9. The Labute approximate surface area is 207 Å². The highest BCUT2D eigenvalue weighted by Crippen LogP contribution is 2.39. The van der Waals surface area contributed by atoms with Crippen LogP contribution in [-0.2, 0) is 4.79 Å². The number of primary amides is 1. The molecule has 2 aromatic heterocycles. The molecule has 3 heterocycles. The minimum Gasteiger partial charge on any atom is -0.493 e. The maximum atomic E-state index is 12.0. The molecule has 0 unspecified atom stereocenters. The summed E-state index contributed by atoms with van der Waals surface area (Å²) >= 11 is 0. The van der Waals surface area contributed by atoms with Crippen LogP contribution in [0.5, 0.6) is 17.2 Å². The lowest BCUT2D eigenvalue weighted by molar-refractivity contribution is -0.119. The van der Waals surface area contributed by atoms with Gasteiger partial charge in [-0.1, -0.05) is 12.1 Å². The number of ether oxygens (including phenoxy) is 3. The van der Waals surface area contributed by atoms with Crippen LogP contribution in [0.3, 0.4) is 0 Å². The Morgan fingerprint density at radius 2 is 1.83 bits per heavy atom. The lowest BCUT2D eigenvalue weighted by atomic mass is 10.2. The molecule has 0 saturated carbocycles. The van der Waals surface area contributed by atoms with Crippen molar-refractivity contribution in [1.82, 2.24) is 19.5 Å². The van der Waals surface area contributed by atoms with Crippen LogP contribution in [0, 0.1) is 0 Å². The third-order valence-corrected chi connectivity index (χ3v) is 6.21. The van der Waals surface area contributed by atoms with Gasteiger partial charge in [0.15, 0.2) is 17.3 Å². The minimum atomic E-state index is -0.393. The van der Waals surface area contributed by atoms with Gasteiger partial charge in [0.2, 0.25) is 17.6 Å². The summed E-state index contributed by atoms with van der Waals surface area (Å²) in [5, 5.41) is 4.05. The van der Waals surface area contributed by atoms with Crippen LogP contribution in [0.1, 0.15) is 12.8 Å². The molecule has 1 fully saturated rings. The maximum absolute atomic E-state index is 12.0. The molecule has 5 rings (SSSR count). The fraction of sp³-hybridized carbons (Fsp3) is 0.280. The molecule has 11 nitrogen and oxygen atoms in total. The monoisotopic (exact) mass is 489 g/mol. The van der Waals surface area contributed by atoms with Crippen molar-refractivity contribution in [1.29, 1.82) is 0 Å². The molecule has 1 amide bonds. The van der Waals surface area contributed by atoms with Gasteiger partial charge in [0.25, 0.3) is 0 Å². The van der Waals surface area contributed by atoms with E-state index in [0.29, 0.717) is 47.8 Å². The van der Waals surface area contributed by atoms with E-state index in [0.717, 1.165) is 23.0 Å². The molecule has 1 saturated heterocycles. The molecule has 0 bridgehead atoms. The Bertz CT molecular complexity index is 1400. The number of rotatable bonds is 8. The van der Waals surface area contributed by atoms with Crippen LogP contribution in [-0.4, -0.2) is 59.3 Å². The zero-order valence-corrected chi connectivity index (χ0v) is 20.3. The second-order valence-corrected chi connectivity index (χ2v) is 8.32. The van der Waals surface area contributed by atoms with Crippen molar-refractivity contribution in [3.05, 3.63) is 48.9 Å². The van der Waals surface area contributed by atoms with Crippen molar-refractivity contribution in [3.8, 4) is 22.9 Å². The van der Waals surface area contributed by atoms with Crippen LogP contribution in [0.25, 0.3) is 16.6 Å². The number of amides is 1. The summed E-state index contributed by atoms with van der Waals surface area (Å²) < 4.78 is 18.1. The van der Waals surface area contributed by atoms with Crippen LogP contribution in [0.15, 0.2) is 48.9 Å². The maximum Gasteiger partial charge on any atom is 0.240 e. The number of methoxy groups -OCH3 is 3. The number of nitrogens with zero attached hydrogens (tertiary/aromatic N) is 5. The number of aromatic nitrogens is 4. The number of para-hydroxylation sites is 1. The molecule has 1 aliphatic heterocycles. The molecule has 3 N–H and O–H groups in total. The average Bonchev–Trinajstić information content (AvgIpc) is 3.57. The van der Waals surface area contributed by atoms with E-state index in [1.165, 1.54) is 0 Å². The van der Waals surface area contributed by atoms with Crippen molar-refractivity contribution in [2.75, 3.05) is 38.1 Å². The lowest BCUT2D eigenvalue weighted by Crippen LogP contribution is -2.40. The van der Waals surface area contributed by atoms with Gasteiger partial charge >= 0.3 is 0 Å². The molecule has 0 radical (unpaired) electrons. The molecule has 0 spiro atoms. The van der Waals surface area contributed by atoms with Crippen LogP contribution in [0.4, 0.5) is 17.6 Å². The molecule has 1 atom stereocenters. The second kappa shape index (κ2) is 9.61. The zero-order chi connectivity index (χ0) is 25.2. The first-order valence-corrected chi connectivity index (χ1v) is 11.5. The number of fused-ring (bicyclic) bond motifs is 1. The van der Waals surface area contributed by atoms with Crippen molar-refractivity contribution in [3.63, 3.8) is 0 Å². The number of anilines is 3. The third-order valence-electron chi connectivity index (χ3n) is 6.21. The molecular formula is C25H27N7O4. The van der Waals surface area contributed by atoms with Crippen LogP contribution in [0.2, 0.25) is 0 Å². The molecule has 4 aromatic rings. The van der Waals surface area contributed by atoms with Gasteiger partial charge in [-0.3, -0.25) is 4.79 Å². The van der Waals surface area contributed by atoms with Gasteiger partial charge < -0.3 is 34.7 Å². The summed E-state index contributed by atoms with van der Waals surface area (Å²) in [7, 11) is 4.70. The SMILES string of the molecule is COc1cc(-n2cnc(Nc3nc(N4CCC[C@H]4C(N)=O)c4ccccc4n3)c2)cc(OC)c1OC. The van der Waals surface area contributed by atoms with E-state index >= 15 is 0 Å². The standard InChI is InChI=1S/C25H27N7O4/c1-34-19-11-15(12-20(35-2)22(19)36-3)31-13-21(27-14-31)29-25-28-17-8-5-4-7-16(17)24(30-25)32-10-6-9-18(32)23(26)33/h4-5,7-8,11-14,18H,6,9-10H2,1-3H3,(H2,26,33)(H,28,29,30)/t18-/m0/s1. The third kappa shape index (κ3) is 4.19. The van der Waals surface area contributed by atoms with Gasteiger partial charge in [-0.2, -0.15) is 4.98 Å². The van der Waals surface area contributed by atoms with Gasteiger partial charge in [0.1, 0.15) is 18.2 Å². The Kier molecular flexibility index (Phi) is 6.19. The number of carbonyl (C=O) groups is 1. The van der Waals surface area contributed by atoms with E-state index in [1.54, 1.807) is 33.9 Å². The number of benzene rings is 2. The van der Waals surface area contributed by atoms with Crippen LogP contribution >= 0.6 is 0 Å². The Hall–Kier alpha value is -4.54. The zero-order valence-electron chi connectivity index (χ0n) is 20.3. The van der Waals surface area contributed by atoms with Crippen molar-refractivity contribution in [2.45, 2.75) is 18.9 Å². The summed E-state index contributed by atoms with van der Waals surface area (Å²) in [6.45, 7) is 0.698. The molecule has 11 heteroatoms. The summed E-state index contributed by atoms with van der Waals surface area (Å²) in [5.74, 6) is 2.81. The molecule has 36 heavy (non-hydrogen) atoms. The summed E-state index contributed by atoms with van der Waals surface area (Å²) in [5.41, 5.74) is 7.19. The highest BCUT2D eigenvalue weighted by atomic mass is 16.5. The fourth-order valence-electron chi connectivity index (χ4n) is 4.51. The Balaban J connectivity index is 1.49. The van der Waals surface area contributed by atoms with E-state index in [9.17, 15) is 4.79 Å².